The van der Waals surface area contributed by atoms with Crippen LogP contribution in [0.4, 0.5) is 0 Å². The lowest BCUT2D eigenvalue weighted by Crippen LogP contribution is -2.50. The minimum Gasteiger partial charge on any atom is -0.373 e. The highest BCUT2D eigenvalue weighted by Gasteiger charge is 2.82. The molecule has 0 aromatic heterocycles. The van der Waals surface area contributed by atoms with Gasteiger partial charge in [-0.1, -0.05) is 30.1 Å². The number of halogens is 4. The maximum atomic E-state index is 12.9. The molecule has 3 saturated heterocycles. The van der Waals surface area contributed by atoms with Crippen LogP contribution in [0.1, 0.15) is 26.7 Å². The van der Waals surface area contributed by atoms with Gasteiger partial charge in [-0.3, -0.25) is 14.4 Å². The number of hydrogen-bond acceptors (Lipinski definition) is 4. The summed E-state index contributed by atoms with van der Waals surface area (Å²) in [5.74, 6) is -2.41. The number of fused-ring (bicyclic) bond motifs is 12. The van der Waals surface area contributed by atoms with E-state index in [1.807, 2.05) is 13.8 Å². The zero-order valence-corrected chi connectivity index (χ0v) is 17.1. The number of carbonyl (C=O) groups excluding carboxylic acids is 2. The highest BCUT2D eigenvalue weighted by Crippen LogP contribution is 2.75. The first-order chi connectivity index (χ1) is 12.2. The van der Waals surface area contributed by atoms with E-state index in [1.54, 1.807) is 0 Å². The number of hydrogen-bond donors (Lipinski definition) is 0. The molecule has 0 N–H and O–H groups in total. The molecule has 0 aromatic rings. The van der Waals surface area contributed by atoms with Crippen LogP contribution in [0.2, 0.25) is 0 Å². The van der Waals surface area contributed by atoms with E-state index in [4.69, 9.17) is 56.0 Å². The van der Waals surface area contributed by atoms with Crippen molar-refractivity contribution < 1.29 is 19.2 Å². The van der Waals surface area contributed by atoms with Crippen LogP contribution in [-0.4, -0.2) is 44.9 Å². The van der Waals surface area contributed by atoms with Crippen LogP contribution in [-0.2, 0) is 19.2 Å². The minimum atomic E-state index is -0.941. The minimum absolute atomic E-state index is 0.236. The van der Waals surface area contributed by atoms with Crippen LogP contribution in [0.5, 0.6) is 0 Å². The lowest BCUT2D eigenvalue weighted by Gasteiger charge is -2.40. The monoisotopic (exact) mass is 439 g/mol. The zero-order chi connectivity index (χ0) is 18.8. The molecule has 0 unspecified atom stereocenters. The van der Waals surface area contributed by atoms with Crippen molar-refractivity contribution in [2.45, 2.75) is 54.7 Å². The van der Waals surface area contributed by atoms with Gasteiger partial charge >= 0.3 is 0 Å². The van der Waals surface area contributed by atoms with Gasteiger partial charge in [-0.2, -0.15) is 5.06 Å². The number of carbonyl (C=O) groups is 2. The average molecular weight is 441 g/mol. The number of nitrogens with zero attached hydrogens (tertiary/aromatic N) is 1. The summed E-state index contributed by atoms with van der Waals surface area (Å²) in [5.41, 5.74) is 0. The Morgan fingerprint density at radius 3 is 2.00 bits per heavy atom. The van der Waals surface area contributed by atoms with Gasteiger partial charge in [-0.15, -0.1) is 23.2 Å². The summed E-state index contributed by atoms with van der Waals surface area (Å²) in [6.07, 6.45) is -0.171. The van der Waals surface area contributed by atoms with E-state index >= 15 is 0 Å². The Balaban J connectivity index is 1.54. The quantitative estimate of drug-likeness (QED) is 0.498. The number of allylic oxidation sites excluding steroid dienone is 2. The molecule has 5 rings (SSSR count). The molecule has 2 amide bonds. The standard InChI is InChI=1S/C17H17Cl4NO4/c1-3-5(2)26-22-14(23)6-7(15(22)24)11-9-8(10(6)25-11)16(20)4-17(9,21)13(19)12(16)18/h5-11H,3-4H2,1-2H3/t5-,6-,7+,8-,9-,10+,11-,16-,17-/m0/s1. The fraction of sp³-hybridized carbons (Fsp3) is 0.765. The molecule has 4 fully saturated rings. The SMILES string of the molecule is CC[C@H](C)ON1C(=O)[C@@H]2[C@H]3O[C@@H]([C@@H]2C1=O)[C@@H]1[C@@H]3[C@@]2(Cl)C[C@@]1(Cl)C(Cl)=C2Cl. The van der Waals surface area contributed by atoms with Crippen molar-refractivity contribution in [2.75, 3.05) is 0 Å². The number of imide groups is 1. The lowest BCUT2D eigenvalue weighted by molar-refractivity contribution is -0.205. The third-order valence-corrected chi connectivity index (χ3v) is 9.32. The van der Waals surface area contributed by atoms with Gasteiger partial charge < -0.3 is 4.74 Å². The maximum absolute atomic E-state index is 12.9. The fourth-order valence-corrected chi connectivity index (χ4v) is 7.64. The molecule has 5 aliphatic rings. The van der Waals surface area contributed by atoms with Gasteiger partial charge in [0, 0.05) is 11.8 Å². The molecule has 3 heterocycles. The normalized spacial score (nSPS) is 52.3. The summed E-state index contributed by atoms with van der Waals surface area (Å²) in [4.78, 5) is 29.5. The summed E-state index contributed by atoms with van der Waals surface area (Å²) in [6.45, 7) is 3.75. The van der Waals surface area contributed by atoms with Crippen LogP contribution in [0.25, 0.3) is 0 Å². The molecule has 1 saturated carbocycles. The van der Waals surface area contributed by atoms with E-state index in [1.165, 1.54) is 0 Å². The third-order valence-electron chi connectivity index (χ3n) is 6.83. The smallest absolute Gasteiger partial charge is 0.260 e. The molecule has 9 atom stereocenters. The van der Waals surface area contributed by atoms with E-state index in [2.05, 4.69) is 0 Å². The van der Waals surface area contributed by atoms with Crippen molar-refractivity contribution in [2.24, 2.45) is 23.7 Å². The number of amides is 2. The number of rotatable bonds is 3. The molecule has 2 aliphatic carbocycles. The predicted octanol–water partition coefficient (Wildman–Crippen LogP) is 3.39. The van der Waals surface area contributed by atoms with E-state index in [9.17, 15) is 9.59 Å². The first kappa shape index (κ1) is 18.0. The van der Waals surface area contributed by atoms with Crippen molar-refractivity contribution in [3.63, 3.8) is 0 Å². The first-order valence-corrected chi connectivity index (χ1v) is 10.3. The van der Waals surface area contributed by atoms with Crippen LogP contribution < -0.4 is 0 Å². The van der Waals surface area contributed by atoms with Gasteiger partial charge in [-0.05, 0) is 19.8 Å². The summed E-state index contributed by atoms with van der Waals surface area (Å²) >= 11 is 26.5. The molecule has 4 bridgehead atoms. The fourth-order valence-electron chi connectivity index (χ4n) is 5.62. The maximum Gasteiger partial charge on any atom is 0.260 e. The van der Waals surface area contributed by atoms with Crippen molar-refractivity contribution in [1.29, 1.82) is 0 Å². The van der Waals surface area contributed by atoms with Gasteiger partial charge in [0.1, 0.15) is 0 Å². The Morgan fingerprint density at radius 2 is 1.58 bits per heavy atom. The number of ether oxygens (including phenoxy) is 1. The highest BCUT2D eigenvalue weighted by atomic mass is 35.5. The van der Waals surface area contributed by atoms with Crippen molar-refractivity contribution >= 4 is 58.2 Å². The molecule has 0 aromatic carbocycles. The second-order valence-corrected chi connectivity index (χ2v) is 10.1. The Bertz CT molecular complexity index is 720. The molecule has 0 spiro atoms. The molecule has 3 aliphatic heterocycles. The van der Waals surface area contributed by atoms with Gasteiger partial charge in [-0.25, -0.2) is 0 Å². The third kappa shape index (κ3) is 1.79. The molecular formula is C17H17Cl4NO4. The largest absolute Gasteiger partial charge is 0.373 e. The van der Waals surface area contributed by atoms with Crippen LogP contribution in [0, 0.1) is 23.7 Å². The Morgan fingerprint density at radius 1 is 1.12 bits per heavy atom. The summed E-state index contributed by atoms with van der Waals surface area (Å²) in [5, 5.41) is 1.61. The molecule has 5 nitrogen and oxygen atoms in total. The average Bonchev–Trinajstić information content (AvgIpc) is 3.32. The Labute approximate surface area is 170 Å². The lowest BCUT2D eigenvalue weighted by atomic mass is 9.65. The number of alkyl halides is 2. The predicted molar refractivity (Wildman–Crippen MR) is 95.8 cm³/mol. The Kier molecular flexibility index (Phi) is 3.68. The second-order valence-electron chi connectivity index (χ2n) is 7.99. The van der Waals surface area contributed by atoms with E-state index in [0.29, 0.717) is 22.9 Å². The van der Waals surface area contributed by atoms with Gasteiger partial charge in [0.25, 0.3) is 11.8 Å². The van der Waals surface area contributed by atoms with Gasteiger partial charge in [0.15, 0.2) is 0 Å². The topological polar surface area (TPSA) is 55.8 Å². The number of hydroxylamine groups is 2. The van der Waals surface area contributed by atoms with Crippen LogP contribution >= 0.6 is 46.4 Å². The molecule has 9 heteroatoms. The summed E-state index contributed by atoms with van der Waals surface area (Å²) < 4.78 is 6.10. The Hall–Kier alpha value is -0.0400. The van der Waals surface area contributed by atoms with Crippen molar-refractivity contribution in [3.8, 4) is 0 Å². The molecule has 26 heavy (non-hydrogen) atoms. The van der Waals surface area contributed by atoms with Crippen LogP contribution in [0.15, 0.2) is 10.1 Å². The second kappa shape index (κ2) is 5.31. The van der Waals surface area contributed by atoms with Crippen molar-refractivity contribution in [3.05, 3.63) is 10.1 Å². The first-order valence-electron chi connectivity index (χ1n) is 8.81. The van der Waals surface area contributed by atoms with Gasteiger partial charge in [0.05, 0.1) is 50.0 Å². The molecule has 142 valence electrons. The van der Waals surface area contributed by atoms with E-state index < -0.39 is 33.8 Å². The molecular weight excluding hydrogens is 424 g/mol. The highest BCUT2D eigenvalue weighted by molar-refractivity contribution is 6.51. The van der Waals surface area contributed by atoms with Crippen molar-refractivity contribution in [1.82, 2.24) is 5.06 Å². The summed E-state index contributed by atoms with van der Waals surface area (Å²) in [6, 6.07) is 0. The zero-order valence-electron chi connectivity index (χ0n) is 14.0. The van der Waals surface area contributed by atoms with Gasteiger partial charge in [0.2, 0.25) is 0 Å². The summed E-state index contributed by atoms with van der Waals surface area (Å²) in [7, 11) is 0. The van der Waals surface area contributed by atoms with Crippen LogP contribution in [0.3, 0.4) is 0 Å². The van der Waals surface area contributed by atoms with E-state index in [0.717, 1.165) is 5.06 Å². The van der Waals surface area contributed by atoms with E-state index in [-0.39, 0.29) is 29.8 Å². The molecule has 0 radical (unpaired) electrons.